The third-order valence-corrected chi connectivity index (χ3v) is 6.83. The van der Waals surface area contributed by atoms with Crippen LogP contribution in [0.2, 0.25) is 0 Å². The SMILES string of the molecule is CC(=O)Nc1ccc(CC(CCCc2c[nH]c3ccc(-n4cncn4)cc23)N2CCNCC2)cc1. The number of carbonyl (C=O) groups is 1. The third kappa shape index (κ3) is 5.78. The second-order valence-electron chi connectivity index (χ2n) is 9.30. The highest BCUT2D eigenvalue weighted by molar-refractivity contribution is 5.88. The highest BCUT2D eigenvalue weighted by Crippen LogP contribution is 2.24. The molecule has 1 amide bonds. The Balaban J connectivity index is 1.26. The minimum atomic E-state index is -0.0397. The first-order chi connectivity index (χ1) is 17.2. The Labute approximate surface area is 205 Å². The molecule has 3 N–H and O–H groups in total. The molecule has 1 unspecified atom stereocenters. The van der Waals surface area contributed by atoms with Crippen LogP contribution in [0.25, 0.3) is 16.6 Å². The molecule has 4 aromatic rings. The van der Waals surface area contributed by atoms with Gasteiger partial charge in [0.1, 0.15) is 12.7 Å². The molecule has 0 aliphatic carbocycles. The number of aromatic nitrogens is 4. The Bertz CT molecular complexity index is 1240. The summed E-state index contributed by atoms with van der Waals surface area (Å²) >= 11 is 0. The van der Waals surface area contributed by atoms with E-state index in [0.29, 0.717) is 6.04 Å². The van der Waals surface area contributed by atoms with E-state index in [4.69, 9.17) is 0 Å². The molecule has 0 saturated carbocycles. The predicted molar refractivity (Wildman–Crippen MR) is 139 cm³/mol. The molecule has 1 fully saturated rings. The number of H-pyrrole nitrogens is 1. The number of nitrogens with zero attached hydrogens (tertiary/aromatic N) is 4. The summed E-state index contributed by atoms with van der Waals surface area (Å²) in [5.41, 5.74) is 5.69. The summed E-state index contributed by atoms with van der Waals surface area (Å²) in [5, 5.41) is 11.9. The maximum absolute atomic E-state index is 11.3. The maximum Gasteiger partial charge on any atom is 0.221 e. The lowest BCUT2D eigenvalue weighted by atomic mass is 9.97. The predicted octanol–water partition coefficient (Wildman–Crippen LogP) is 3.55. The number of amides is 1. The Morgan fingerprint density at radius 3 is 2.71 bits per heavy atom. The third-order valence-electron chi connectivity index (χ3n) is 6.83. The number of rotatable bonds is 9. The van der Waals surface area contributed by atoms with E-state index in [-0.39, 0.29) is 5.91 Å². The molecule has 8 nitrogen and oxygen atoms in total. The van der Waals surface area contributed by atoms with E-state index in [2.05, 4.69) is 67.1 Å². The first-order valence-electron chi connectivity index (χ1n) is 12.4. The number of aromatic amines is 1. The summed E-state index contributed by atoms with van der Waals surface area (Å²) < 4.78 is 1.80. The number of fused-ring (bicyclic) bond motifs is 1. The van der Waals surface area contributed by atoms with Gasteiger partial charge in [-0.2, -0.15) is 5.10 Å². The van der Waals surface area contributed by atoms with E-state index in [1.165, 1.54) is 23.4 Å². The van der Waals surface area contributed by atoms with Crippen LogP contribution in [0.5, 0.6) is 0 Å². The molecule has 182 valence electrons. The van der Waals surface area contributed by atoms with E-state index in [0.717, 1.165) is 68.8 Å². The van der Waals surface area contributed by atoms with E-state index in [1.54, 1.807) is 17.3 Å². The van der Waals surface area contributed by atoms with Gasteiger partial charge < -0.3 is 15.6 Å². The Morgan fingerprint density at radius 1 is 1.14 bits per heavy atom. The van der Waals surface area contributed by atoms with Crippen molar-refractivity contribution in [1.82, 2.24) is 30.0 Å². The van der Waals surface area contributed by atoms with Crippen molar-refractivity contribution in [3.63, 3.8) is 0 Å². The molecular weight excluding hydrogens is 438 g/mol. The van der Waals surface area contributed by atoms with E-state index in [1.807, 2.05) is 12.1 Å². The van der Waals surface area contributed by atoms with Gasteiger partial charge in [-0.15, -0.1) is 0 Å². The van der Waals surface area contributed by atoms with Gasteiger partial charge in [0.25, 0.3) is 0 Å². The van der Waals surface area contributed by atoms with E-state index in [9.17, 15) is 4.79 Å². The maximum atomic E-state index is 11.3. The van der Waals surface area contributed by atoms with Crippen LogP contribution >= 0.6 is 0 Å². The van der Waals surface area contributed by atoms with Crippen molar-refractivity contribution in [2.45, 2.75) is 38.6 Å². The van der Waals surface area contributed by atoms with E-state index < -0.39 is 0 Å². The average Bonchev–Trinajstić information content (AvgIpc) is 3.55. The Hall–Kier alpha value is -3.49. The zero-order chi connectivity index (χ0) is 24.0. The lowest BCUT2D eigenvalue weighted by Crippen LogP contribution is -2.49. The number of piperazine rings is 1. The summed E-state index contributed by atoms with van der Waals surface area (Å²) in [6.07, 6.45) is 9.76. The molecule has 3 heterocycles. The number of nitrogens with one attached hydrogen (secondary N) is 3. The van der Waals surface area contributed by atoms with Gasteiger partial charge in [0.05, 0.1) is 5.69 Å². The highest BCUT2D eigenvalue weighted by Gasteiger charge is 2.21. The quantitative estimate of drug-likeness (QED) is 0.347. The Morgan fingerprint density at radius 2 is 1.97 bits per heavy atom. The normalized spacial score (nSPS) is 15.3. The molecule has 2 aromatic heterocycles. The van der Waals surface area contributed by atoms with Crippen molar-refractivity contribution in [2.75, 3.05) is 31.5 Å². The van der Waals surface area contributed by atoms with Crippen LogP contribution in [-0.2, 0) is 17.6 Å². The summed E-state index contributed by atoms with van der Waals surface area (Å²) in [4.78, 5) is 21.5. The van der Waals surface area contributed by atoms with Gasteiger partial charge in [0.2, 0.25) is 5.91 Å². The molecule has 35 heavy (non-hydrogen) atoms. The molecule has 0 bridgehead atoms. The molecule has 8 heteroatoms. The first-order valence-corrected chi connectivity index (χ1v) is 12.4. The fraction of sp³-hybridized carbons (Fsp3) is 0.370. The van der Waals surface area contributed by atoms with Crippen LogP contribution in [0, 0.1) is 0 Å². The number of anilines is 1. The largest absolute Gasteiger partial charge is 0.361 e. The van der Waals surface area contributed by atoms with Gasteiger partial charge in [-0.1, -0.05) is 12.1 Å². The van der Waals surface area contributed by atoms with Crippen molar-refractivity contribution in [1.29, 1.82) is 0 Å². The minimum Gasteiger partial charge on any atom is -0.361 e. The van der Waals surface area contributed by atoms with Gasteiger partial charge in [-0.25, -0.2) is 9.67 Å². The lowest BCUT2D eigenvalue weighted by molar-refractivity contribution is -0.114. The Kier molecular flexibility index (Phi) is 7.20. The zero-order valence-corrected chi connectivity index (χ0v) is 20.2. The second-order valence-corrected chi connectivity index (χ2v) is 9.30. The van der Waals surface area contributed by atoms with Gasteiger partial charge >= 0.3 is 0 Å². The van der Waals surface area contributed by atoms with Crippen LogP contribution in [0.1, 0.15) is 30.9 Å². The summed E-state index contributed by atoms with van der Waals surface area (Å²) in [5.74, 6) is -0.0397. The van der Waals surface area contributed by atoms with E-state index >= 15 is 0 Å². The highest BCUT2D eigenvalue weighted by atomic mass is 16.1. The van der Waals surface area contributed by atoms with Crippen molar-refractivity contribution >= 4 is 22.5 Å². The number of hydrogen-bond donors (Lipinski definition) is 3. The van der Waals surface area contributed by atoms with Crippen molar-refractivity contribution in [3.8, 4) is 5.69 Å². The van der Waals surface area contributed by atoms with Crippen LogP contribution in [0.3, 0.4) is 0 Å². The van der Waals surface area contributed by atoms with Gasteiger partial charge in [0.15, 0.2) is 0 Å². The first kappa shape index (κ1) is 23.3. The molecular formula is C27H33N7O. The molecule has 1 aliphatic rings. The van der Waals surface area contributed by atoms with Gasteiger partial charge in [-0.05, 0) is 67.1 Å². The number of aryl methyl sites for hydroxylation is 1. The smallest absolute Gasteiger partial charge is 0.221 e. The molecule has 1 saturated heterocycles. The molecule has 1 aliphatic heterocycles. The number of carbonyl (C=O) groups excluding carboxylic acids is 1. The molecule has 1 atom stereocenters. The van der Waals surface area contributed by atoms with Gasteiger partial charge in [0, 0.05) is 61.9 Å². The van der Waals surface area contributed by atoms with Crippen LogP contribution in [0.15, 0.2) is 61.3 Å². The molecule has 2 aromatic carbocycles. The molecule has 0 radical (unpaired) electrons. The monoisotopic (exact) mass is 471 g/mol. The topological polar surface area (TPSA) is 90.9 Å². The second kappa shape index (κ2) is 10.8. The summed E-state index contributed by atoms with van der Waals surface area (Å²) in [6, 6.07) is 15.2. The average molecular weight is 472 g/mol. The summed E-state index contributed by atoms with van der Waals surface area (Å²) in [7, 11) is 0. The molecule has 5 rings (SSSR count). The summed E-state index contributed by atoms with van der Waals surface area (Å²) in [6.45, 7) is 5.81. The lowest BCUT2D eigenvalue weighted by Gasteiger charge is -2.35. The van der Waals surface area contributed by atoms with Crippen molar-refractivity contribution in [2.24, 2.45) is 0 Å². The van der Waals surface area contributed by atoms with Crippen LogP contribution in [-0.4, -0.2) is 62.8 Å². The van der Waals surface area contributed by atoms with Crippen LogP contribution < -0.4 is 10.6 Å². The van der Waals surface area contributed by atoms with Crippen molar-refractivity contribution < 1.29 is 4.79 Å². The minimum absolute atomic E-state index is 0.0397. The standard InChI is InChI=1S/C27H33N7O/c1-20(35)32-23-7-5-21(6-8-23)15-24(33-13-11-28-12-14-33)4-2-3-22-17-30-27-10-9-25(16-26(22)27)34-19-29-18-31-34/h5-10,16-19,24,28,30H,2-4,11-15H2,1H3,(H,32,35). The molecule has 0 spiro atoms. The fourth-order valence-corrected chi connectivity index (χ4v) is 5.05. The number of benzene rings is 2. The van der Waals surface area contributed by atoms with Gasteiger partial charge in [-0.3, -0.25) is 9.69 Å². The zero-order valence-electron chi connectivity index (χ0n) is 20.2. The number of hydrogen-bond acceptors (Lipinski definition) is 5. The van der Waals surface area contributed by atoms with Crippen LogP contribution in [0.4, 0.5) is 5.69 Å². The fourth-order valence-electron chi connectivity index (χ4n) is 5.05. The van der Waals surface area contributed by atoms with Crippen molar-refractivity contribution in [3.05, 3.63) is 72.4 Å².